The normalized spacial score (nSPS) is 10.7. The van der Waals surface area contributed by atoms with E-state index in [1.165, 1.54) is 5.56 Å². The summed E-state index contributed by atoms with van der Waals surface area (Å²) >= 11 is 5.88. The Bertz CT molecular complexity index is 719. The van der Waals surface area contributed by atoms with E-state index < -0.39 is 5.91 Å². The van der Waals surface area contributed by atoms with E-state index in [-0.39, 0.29) is 24.0 Å². The molecule has 0 saturated carbocycles. The van der Waals surface area contributed by atoms with Crippen molar-refractivity contribution in [1.29, 1.82) is 0 Å². The zero-order valence-electron chi connectivity index (χ0n) is 14.0. The summed E-state index contributed by atoms with van der Waals surface area (Å²) in [7, 11) is 1.72. The Kier molecular flexibility index (Phi) is 9.30. The predicted molar refractivity (Wildman–Crippen MR) is 114 cm³/mol. The van der Waals surface area contributed by atoms with Crippen LogP contribution < -0.4 is 16.4 Å². The molecule has 25 heavy (non-hydrogen) atoms. The first-order valence-electron chi connectivity index (χ1n) is 7.66. The molecule has 0 atom stereocenters. The molecule has 4 N–H and O–H groups in total. The number of hydrogen-bond acceptors (Lipinski definition) is 2. The van der Waals surface area contributed by atoms with Crippen molar-refractivity contribution >= 4 is 47.4 Å². The van der Waals surface area contributed by atoms with Crippen molar-refractivity contribution in [3.05, 3.63) is 70.2 Å². The van der Waals surface area contributed by atoms with Gasteiger partial charge < -0.3 is 16.4 Å². The SMILES string of the molecule is CN=C(NCCc1ccc(Cl)cc1)NCc1cccc(C(N)=O)c1.I. The number of hydrogen-bond donors (Lipinski definition) is 3. The van der Waals surface area contributed by atoms with Crippen LogP contribution in [0.2, 0.25) is 5.02 Å². The van der Waals surface area contributed by atoms with Crippen LogP contribution in [0, 0.1) is 0 Å². The molecule has 2 aromatic carbocycles. The van der Waals surface area contributed by atoms with Crippen LogP contribution in [0.4, 0.5) is 0 Å². The van der Waals surface area contributed by atoms with E-state index in [2.05, 4.69) is 15.6 Å². The van der Waals surface area contributed by atoms with Crippen LogP contribution in [0.1, 0.15) is 21.5 Å². The average Bonchev–Trinajstić information content (AvgIpc) is 2.59. The lowest BCUT2D eigenvalue weighted by molar-refractivity contribution is 0.1000. The minimum atomic E-state index is -0.428. The number of benzene rings is 2. The lowest BCUT2D eigenvalue weighted by atomic mass is 10.1. The van der Waals surface area contributed by atoms with Crippen molar-refractivity contribution in [3.63, 3.8) is 0 Å². The number of nitrogens with zero attached hydrogens (tertiary/aromatic N) is 1. The van der Waals surface area contributed by atoms with Gasteiger partial charge in [0.15, 0.2) is 5.96 Å². The van der Waals surface area contributed by atoms with Crippen molar-refractivity contribution in [2.75, 3.05) is 13.6 Å². The highest BCUT2D eigenvalue weighted by molar-refractivity contribution is 14.0. The van der Waals surface area contributed by atoms with Gasteiger partial charge in [0.25, 0.3) is 0 Å². The third-order valence-corrected chi connectivity index (χ3v) is 3.77. The first-order chi connectivity index (χ1) is 11.6. The minimum Gasteiger partial charge on any atom is -0.366 e. The van der Waals surface area contributed by atoms with E-state index in [0.717, 1.165) is 23.6 Å². The molecule has 0 radical (unpaired) electrons. The maximum absolute atomic E-state index is 11.2. The summed E-state index contributed by atoms with van der Waals surface area (Å²) in [6.07, 6.45) is 0.870. The van der Waals surface area contributed by atoms with E-state index in [1.54, 1.807) is 19.2 Å². The van der Waals surface area contributed by atoms with Crippen molar-refractivity contribution in [3.8, 4) is 0 Å². The molecular formula is C18H22ClIN4O. The Balaban J connectivity index is 0.00000312. The van der Waals surface area contributed by atoms with Crippen LogP contribution in [-0.2, 0) is 13.0 Å². The number of carbonyl (C=O) groups excluding carboxylic acids is 1. The highest BCUT2D eigenvalue weighted by Gasteiger charge is 2.03. The molecule has 0 spiro atoms. The topological polar surface area (TPSA) is 79.5 Å². The number of guanidine groups is 1. The molecule has 0 bridgehead atoms. The van der Waals surface area contributed by atoms with Crippen molar-refractivity contribution < 1.29 is 4.79 Å². The lowest BCUT2D eigenvalue weighted by Crippen LogP contribution is -2.37. The fourth-order valence-corrected chi connectivity index (χ4v) is 2.34. The zero-order chi connectivity index (χ0) is 17.4. The summed E-state index contributed by atoms with van der Waals surface area (Å²) in [6.45, 7) is 1.31. The number of primary amides is 1. The summed E-state index contributed by atoms with van der Waals surface area (Å²) in [4.78, 5) is 15.4. The molecule has 0 aliphatic rings. The molecule has 0 aliphatic heterocycles. The summed E-state index contributed by atoms with van der Waals surface area (Å²) in [6, 6.07) is 15.0. The third-order valence-electron chi connectivity index (χ3n) is 3.51. The van der Waals surface area contributed by atoms with Gasteiger partial charge >= 0.3 is 0 Å². The standard InChI is InChI=1S/C18H21ClN4O.HI/c1-21-18(22-10-9-13-5-7-16(19)8-6-13)23-12-14-3-2-4-15(11-14)17(20)24;/h2-8,11H,9-10,12H2,1H3,(H2,20,24)(H2,21,22,23);1H. The van der Waals surface area contributed by atoms with Gasteiger partial charge in [-0.2, -0.15) is 0 Å². The summed E-state index contributed by atoms with van der Waals surface area (Å²) in [5.74, 6) is 0.274. The van der Waals surface area contributed by atoms with Gasteiger partial charge in [-0.05, 0) is 41.8 Å². The number of rotatable bonds is 6. The quantitative estimate of drug-likeness (QED) is 0.344. The molecule has 134 valence electrons. The molecule has 0 heterocycles. The second kappa shape index (κ2) is 10.9. The zero-order valence-corrected chi connectivity index (χ0v) is 17.0. The number of nitrogens with one attached hydrogen (secondary N) is 2. The van der Waals surface area contributed by atoms with Crippen LogP contribution in [0.15, 0.2) is 53.5 Å². The first-order valence-corrected chi connectivity index (χ1v) is 8.04. The Morgan fingerprint density at radius 1 is 1.12 bits per heavy atom. The Hall–Kier alpha value is -1.80. The van der Waals surface area contributed by atoms with Gasteiger partial charge in [0, 0.05) is 30.7 Å². The number of amides is 1. The number of halogens is 2. The summed E-state index contributed by atoms with van der Waals surface area (Å²) in [5.41, 5.74) is 7.96. The predicted octanol–water partition coefficient (Wildman–Crippen LogP) is 2.96. The van der Waals surface area contributed by atoms with Gasteiger partial charge in [-0.15, -0.1) is 24.0 Å². The smallest absolute Gasteiger partial charge is 0.248 e. The van der Waals surface area contributed by atoms with Gasteiger partial charge in [-0.1, -0.05) is 35.9 Å². The van der Waals surface area contributed by atoms with Crippen LogP contribution in [0.3, 0.4) is 0 Å². The average molecular weight is 473 g/mol. The van der Waals surface area contributed by atoms with E-state index >= 15 is 0 Å². The summed E-state index contributed by atoms with van der Waals surface area (Å²) in [5, 5.41) is 7.21. The molecule has 2 rings (SSSR count). The molecular weight excluding hydrogens is 451 g/mol. The molecule has 0 saturated heterocycles. The molecule has 7 heteroatoms. The van der Waals surface area contributed by atoms with Crippen molar-refractivity contribution in [2.24, 2.45) is 10.7 Å². The van der Waals surface area contributed by atoms with Gasteiger partial charge in [0.2, 0.25) is 5.91 Å². The van der Waals surface area contributed by atoms with Gasteiger partial charge in [0.1, 0.15) is 0 Å². The largest absolute Gasteiger partial charge is 0.366 e. The molecule has 0 unspecified atom stereocenters. The second-order valence-corrected chi connectivity index (χ2v) is 5.73. The highest BCUT2D eigenvalue weighted by atomic mass is 127. The Morgan fingerprint density at radius 2 is 1.84 bits per heavy atom. The van der Waals surface area contributed by atoms with E-state index in [9.17, 15) is 4.79 Å². The number of aliphatic imine (C=N–C) groups is 1. The van der Waals surface area contributed by atoms with Crippen molar-refractivity contribution in [2.45, 2.75) is 13.0 Å². The second-order valence-electron chi connectivity index (χ2n) is 5.29. The molecule has 2 aromatic rings. The number of nitrogens with two attached hydrogens (primary N) is 1. The Labute approximate surface area is 170 Å². The summed E-state index contributed by atoms with van der Waals surface area (Å²) < 4.78 is 0. The van der Waals surface area contributed by atoms with E-state index in [4.69, 9.17) is 17.3 Å². The minimum absolute atomic E-state index is 0. The fraction of sp³-hybridized carbons (Fsp3) is 0.222. The molecule has 0 fully saturated rings. The van der Waals surface area contributed by atoms with E-state index in [1.807, 2.05) is 36.4 Å². The maximum atomic E-state index is 11.2. The first kappa shape index (κ1) is 21.2. The van der Waals surface area contributed by atoms with Gasteiger partial charge in [-0.25, -0.2) is 0 Å². The number of carbonyl (C=O) groups is 1. The fourth-order valence-electron chi connectivity index (χ4n) is 2.22. The monoisotopic (exact) mass is 472 g/mol. The van der Waals surface area contributed by atoms with Crippen LogP contribution in [0.25, 0.3) is 0 Å². The van der Waals surface area contributed by atoms with E-state index in [0.29, 0.717) is 18.1 Å². The van der Waals surface area contributed by atoms with Gasteiger partial charge in [0.05, 0.1) is 0 Å². The van der Waals surface area contributed by atoms with Gasteiger partial charge in [-0.3, -0.25) is 9.79 Å². The third kappa shape index (κ3) is 7.31. The Morgan fingerprint density at radius 3 is 2.48 bits per heavy atom. The van der Waals surface area contributed by atoms with Crippen LogP contribution in [0.5, 0.6) is 0 Å². The molecule has 0 aliphatic carbocycles. The molecule has 5 nitrogen and oxygen atoms in total. The lowest BCUT2D eigenvalue weighted by Gasteiger charge is -2.12. The van der Waals surface area contributed by atoms with Crippen molar-refractivity contribution in [1.82, 2.24) is 10.6 Å². The van der Waals surface area contributed by atoms with Crippen LogP contribution in [-0.4, -0.2) is 25.5 Å². The highest BCUT2D eigenvalue weighted by Crippen LogP contribution is 2.09. The molecule has 0 aromatic heterocycles. The molecule has 1 amide bonds. The van der Waals surface area contributed by atoms with Crippen LogP contribution >= 0.6 is 35.6 Å². The maximum Gasteiger partial charge on any atom is 0.248 e.